The van der Waals surface area contributed by atoms with Crippen LogP contribution in [0.25, 0.3) is 0 Å². The van der Waals surface area contributed by atoms with E-state index < -0.39 is 11.5 Å². The lowest BCUT2D eigenvalue weighted by Gasteiger charge is -2.40. The number of hydrogen-bond acceptors (Lipinski definition) is 3. The standard InChI is InChI=1S/C12H13NO4/c14-11-8(12(15)16)2-1-4-13(11)9-6-7-3-5-17-10(7)9/h1-2,4,7,9-10H,3,5-6H2,(H,15,16)/t7-,9-,10-/m1/s1. The minimum absolute atomic E-state index is 0.00861. The van der Waals surface area contributed by atoms with Gasteiger partial charge in [0.05, 0.1) is 12.1 Å². The maximum Gasteiger partial charge on any atom is 0.341 e. The van der Waals surface area contributed by atoms with E-state index in [1.807, 2.05) is 0 Å². The number of aromatic nitrogens is 1. The lowest BCUT2D eigenvalue weighted by atomic mass is 9.76. The number of pyridine rings is 1. The quantitative estimate of drug-likeness (QED) is 0.826. The summed E-state index contributed by atoms with van der Waals surface area (Å²) in [5.74, 6) is -0.632. The Morgan fingerprint density at radius 3 is 3.06 bits per heavy atom. The van der Waals surface area contributed by atoms with E-state index in [4.69, 9.17) is 9.84 Å². The van der Waals surface area contributed by atoms with E-state index in [1.165, 1.54) is 10.6 Å². The van der Waals surface area contributed by atoms with E-state index in [9.17, 15) is 9.59 Å². The van der Waals surface area contributed by atoms with Crippen LogP contribution in [-0.4, -0.2) is 28.4 Å². The summed E-state index contributed by atoms with van der Waals surface area (Å²) in [6.45, 7) is 0.749. The first-order valence-corrected chi connectivity index (χ1v) is 5.74. The third-order valence-electron chi connectivity index (χ3n) is 3.75. The van der Waals surface area contributed by atoms with Gasteiger partial charge < -0.3 is 14.4 Å². The Bertz CT molecular complexity index is 521. The predicted molar refractivity (Wildman–Crippen MR) is 59.2 cm³/mol. The summed E-state index contributed by atoms with van der Waals surface area (Å²) in [5, 5.41) is 8.91. The number of hydrogen-bond donors (Lipinski definition) is 1. The van der Waals surface area contributed by atoms with Crippen molar-refractivity contribution in [3.63, 3.8) is 0 Å². The Morgan fingerprint density at radius 2 is 2.35 bits per heavy atom. The van der Waals surface area contributed by atoms with E-state index in [0.717, 1.165) is 19.4 Å². The molecule has 3 rings (SSSR count). The van der Waals surface area contributed by atoms with Crippen molar-refractivity contribution in [1.29, 1.82) is 0 Å². The number of nitrogens with zero attached hydrogens (tertiary/aromatic N) is 1. The highest BCUT2D eigenvalue weighted by atomic mass is 16.5. The molecule has 3 atom stereocenters. The minimum Gasteiger partial charge on any atom is -0.477 e. The van der Waals surface area contributed by atoms with E-state index in [1.54, 1.807) is 12.3 Å². The van der Waals surface area contributed by atoms with Crippen molar-refractivity contribution in [2.45, 2.75) is 25.0 Å². The first-order valence-electron chi connectivity index (χ1n) is 5.74. The zero-order valence-corrected chi connectivity index (χ0v) is 9.20. The minimum atomic E-state index is -1.17. The fraction of sp³-hybridized carbons (Fsp3) is 0.500. The van der Waals surface area contributed by atoms with Crippen LogP contribution >= 0.6 is 0 Å². The van der Waals surface area contributed by atoms with Crippen molar-refractivity contribution in [2.24, 2.45) is 5.92 Å². The number of carboxylic acids is 1. The monoisotopic (exact) mass is 235 g/mol. The summed E-state index contributed by atoms with van der Waals surface area (Å²) < 4.78 is 7.08. The molecule has 2 heterocycles. The van der Waals surface area contributed by atoms with E-state index in [-0.39, 0.29) is 17.7 Å². The number of rotatable bonds is 2. The normalized spacial score (nSPS) is 30.7. The molecular weight excluding hydrogens is 222 g/mol. The van der Waals surface area contributed by atoms with Crippen LogP contribution in [0.1, 0.15) is 29.2 Å². The van der Waals surface area contributed by atoms with Gasteiger partial charge >= 0.3 is 5.97 Å². The topological polar surface area (TPSA) is 68.5 Å². The van der Waals surface area contributed by atoms with Gasteiger partial charge in [0.25, 0.3) is 5.56 Å². The van der Waals surface area contributed by atoms with Gasteiger partial charge in [-0.3, -0.25) is 4.79 Å². The molecule has 0 unspecified atom stereocenters. The Balaban J connectivity index is 1.96. The molecule has 1 aliphatic heterocycles. The molecule has 90 valence electrons. The average Bonchev–Trinajstić information content (AvgIpc) is 2.62. The fourth-order valence-corrected chi connectivity index (χ4v) is 2.79. The number of fused-ring (bicyclic) bond motifs is 1. The molecule has 1 saturated carbocycles. The highest BCUT2D eigenvalue weighted by Gasteiger charge is 2.46. The van der Waals surface area contributed by atoms with Gasteiger partial charge in [-0.1, -0.05) is 0 Å². The largest absolute Gasteiger partial charge is 0.477 e. The highest BCUT2D eigenvalue weighted by Crippen LogP contribution is 2.45. The second-order valence-electron chi connectivity index (χ2n) is 4.63. The second kappa shape index (κ2) is 3.70. The molecule has 0 aromatic carbocycles. The third kappa shape index (κ3) is 1.50. The van der Waals surface area contributed by atoms with Crippen LogP contribution in [0.5, 0.6) is 0 Å². The highest BCUT2D eigenvalue weighted by molar-refractivity contribution is 5.86. The van der Waals surface area contributed by atoms with Gasteiger partial charge in [0.2, 0.25) is 0 Å². The molecule has 0 amide bonds. The molecule has 2 aliphatic rings. The third-order valence-corrected chi connectivity index (χ3v) is 3.75. The predicted octanol–water partition coefficient (Wildman–Crippen LogP) is 0.896. The summed E-state index contributed by atoms with van der Waals surface area (Å²) in [6.07, 6.45) is 3.70. The van der Waals surface area contributed by atoms with Crippen LogP contribution in [-0.2, 0) is 4.74 Å². The molecular formula is C12H13NO4. The first kappa shape index (κ1) is 10.5. The number of carboxylic acid groups (broad SMARTS) is 1. The number of ether oxygens (including phenoxy) is 1. The van der Waals surface area contributed by atoms with Gasteiger partial charge in [-0.05, 0) is 30.9 Å². The number of aromatic carboxylic acids is 1. The Morgan fingerprint density at radius 1 is 1.53 bits per heavy atom. The van der Waals surface area contributed by atoms with Gasteiger partial charge in [-0.15, -0.1) is 0 Å². The molecule has 1 saturated heterocycles. The molecule has 1 aromatic rings. The van der Waals surface area contributed by atoms with Crippen molar-refractivity contribution in [1.82, 2.24) is 4.57 Å². The Hall–Kier alpha value is -1.62. The lowest BCUT2D eigenvalue weighted by Crippen LogP contribution is -2.45. The molecule has 1 N–H and O–H groups in total. The maximum atomic E-state index is 12.0. The van der Waals surface area contributed by atoms with Crippen molar-refractivity contribution in [3.05, 3.63) is 34.2 Å². The molecule has 1 aliphatic carbocycles. The Kier molecular flexibility index (Phi) is 2.29. The molecule has 0 spiro atoms. The second-order valence-corrected chi connectivity index (χ2v) is 4.63. The molecule has 5 heteroatoms. The van der Waals surface area contributed by atoms with Crippen molar-refractivity contribution < 1.29 is 14.6 Å². The van der Waals surface area contributed by atoms with E-state index in [0.29, 0.717) is 5.92 Å². The van der Waals surface area contributed by atoms with Crippen LogP contribution in [0, 0.1) is 5.92 Å². The van der Waals surface area contributed by atoms with E-state index >= 15 is 0 Å². The van der Waals surface area contributed by atoms with E-state index in [2.05, 4.69) is 0 Å². The first-order chi connectivity index (χ1) is 8.18. The summed E-state index contributed by atoms with van der Waals surface area (Å²) in [5.41, 5.74) is -0.604. The summed E-state index contributed by atoms with van der Waals surface area (Å²) in [7, 11) is 0. The van der Waals surface area contributed by atoms with Gasteiger partial charge in [0, 0.05) is 12.8 Å². The van der Waals surface area contributed by atoms with Gasteiger partial charge in [-0.25, -0.2) is 4.79 Å². The van der Waals surface area contributed by atoms with Crippen molar-refractivity contribution >= 4 is 5.97 Å². The van der Waals surface area contributed by atoms with Crippen LogP contribution < -0.4 is 5.56 Å². The molecule has 0 bridgehead atoms. The molecule has 5 nitrogen and oxygen atoms in total. The Labute approximate surface area is 97.6 Å². The van der Waals surface area contributed by atoms with Crippen LogP contribution in [0.4, 0.5) is 0 Å². The SMILES string of the molecule is O=C(O)c1cccn([C@@H]2C[C@H]3CCO[C@H]32)c1=O. The zero-order chi connectivity index (χ0) is 12.0. The summed E-state index contributed by atoms with van der Waals surface area (Å²) in [4.78, 5) is 22.8. The molecule has 17 heavy (non-hydrogen) atoms. The van der Waals surface area contributed by atoms with Gasteiger partial charge in [0.1, 0.15) is 5.56 Å². The summed E-state index contributed by atoms with van der Waals surface area (Å²) in [6, 6.07) is 2.95. The van der Waals surface area contributed by atoms with Crippen LogP contribution in [0.3, 0.4) is 0 Å². The van der Waals surface area contributed by atoms with Crippen molar-refractivity contribution in [3.8, 4) is 0 Å². The number of carbonyl (C=O) groups is 1. The summed E-state index contributed by atoms with van der Waals surface area (Å²) >= 11 is 0. The molecule has 1 aromatic heterocycles. The van der Waals surface area contributed by atoms with Crippen LogP contribution in [0.15, 0.2) is 23.1 Å². The average molecular weight is 235 g/mol. The van der Waals surface area contributed by atoms with Crippen molar-refractivity contribution in [2.75, 3.05) is 6.61 Å². The lowest BCUT2D eigenvalue weighted by molar-refractivity contribution is -0.0197. The molecule has 2 fully saturated rings. The van der Waals surface area contributed by atoms with Crippen LogP contribution in [0.2, 0.25) is 0 Å². The fourth-order valence-electron chi connectivity index (χ4n) is 2.79. The maximum absolute atomic E-state index is 12.0. The molecule has 0 radical (unpaired) electrons. The van der Waals surface area contributed by atoms with Gasteiger partial charge in [0.15, 0.2) is 0 Å². The zero-order valence-electron chi connectivity index (χ0n) is 9.20. The smallest absolute Gasteiger partial charge is 0.341 e. The van der Waals surface area contributed by atoms with Gasteiger partial charge in [-0.2, -0.15) is 0 Å².